The first-order valence-electron chi connectivity index (χ1n) is 9.25. The number of halogens is 1. The number of anilines is 1. The van der Waals surface area contributed by atoms with Gasteiger partial charge in [-0.25, -0.2) is 18.4 Å². The summed E-state index contributed by atoms with van der Waals surface area (Å²) < 4.78 is 33.7. The zero-order valence-electron chi connectivity index (χ0n) is 15.9. The molecule has 0 unspecified atom stereocenters. The van der Waals surface area contributed by atoms with Crippen LogP contribution in [0.1, 0.15) is 24.1 Å². The van der Waals surface area contributed by atoms with E-state index >= 15 is 0 Å². The van der Waals surface area contributed by atoms with Crippen molar-refractivity contribution >= 4 is 27.6 Å². The number of nitrogens with zero attached hydrogens (tertiary/aromatic N) is 4. The molecule has 7 nitrogen and oxygen atoms in total. The molecule has 1 aromatic heterocycles. The van der Waals surface area contributed by atoms with Gasteiger partial charge in [0.15, 0.2) is 0 Å². The number of fused-ring (bicyclic) bond motifs is 2. The van der Waals surface area contributed by atoms with E-state index < -0.39 is 15.6 Å². The van der Waals surface area contributed by atoms with Crippen molar-refractivity contribution in [3.05, 3.63) is 46.7 Å². The van der Waals surface area contributed by atoms with Crippen LogP contribution in [0.15, 0.2) is 35.4 Å². The smallest absolute Gasteiger partial charge is 0.243 e. The number of piperidine rings is 1. The SMILES string of the molecule is CN(C)c1ncc2c(n1)C1(CCN(S(=O)(=O)c3cccc(Cl)c3)CC1)OCC2. The Morgan fingerprint density at radius 1 is 1.25 bits per heavy atom. The van der Waals surface area contributed by atoms with Crippen LogP contribution in [0, 0.1) is 0 Å². The molecule has 4 rings (SSSR count). The average Bonchev–Trinajstić information content (AvgIpc) is 2.68. The molecular formula is C19H23ClN4O3S. The second-order valence-corrected chi connectivity index (χ2v) is 9.77. The third-order valence-electron chi connectivity index (χ3n) is 5.40. The van der Waals surface area contributed by atoms with Gasteiger partial charge in [0.05, 0.1) is 17.2 Å². The van der Waals surface area contributed by atoms with Gasteiger partial charge in [0.1, 0.15) is 5.60 Å². The van der Waals surface area contributed by atoms with E-state index in [4.69, 9.17) is 21.3 Å². The van der Waals surface area contributed by atoms with E-state index in [-0.39, 0.29) is 4.90 Å². The van der Waals surface area contributed by atoms with Gasteiger partial charge < -0.3 is 9.64 Å². The Hall–Kier alpha value is -1.74. The Morgan fingerprint density at radius 3 is 2.68 bits per heavy atom. The second-order valence-electron chi connectivity index (χ2n) is 7.39. The number of aromatic nitrogens is 2. The summed E-state index contributed by atoms with van der Waals surface area (Å²) in [5, 5.41) is 0.409. The second kappa shape index (κ2) is 7.26. The lowest BCUT2D eigenvalue weighted by molar-refractivity contribution is -0.0925. The fraction of sp³-hybridized carbons (Fsp3) is 0.474. The van der Waals surface area contributed by atoms with Crippen molar-refractivity contribution in [1.29, 1.82) is 0 Å². The maximum Gasteiger partial charge on any atom is 0.243 e. The number of benzene rings is 1. The molecule has 1 aromatic carbocycles. The predicted octanol–water partition coefficient (Wildman–Crippen LogP) is 2.45. The standard InChI is InChI=1S/C19H23ClN4O3S/c1-23(2)18-21-13-14-6-11-27-19(17(14)22-18)7-9-24(10-8-19)28(25,26)16-5-3-4-15(20)12-16/h3-5,12-13H,6-11H2,1-2H3. The van der Waals surface area contributed by atoms with Crippen LogP contribution in [-0.4, -0.2) is 56.5 Å². The Bertz CT molecular complexity index is 988. The number of rotatable bonds is 3. The van der Waals surface area contributed by atoms with E-state index in [1.54, 1.807) is 18.2 Å². The first kappa shape index (κ1) is 19.6. The highest BCUT2D eigenvalue weighted by Gasteiger charge is 2.45. The van der Waals surface area contributed by atoms with Crippen LogP contribution in [0.3, 0.4) is 0 Å². The molecule has 3 heterocycles. The average molecular weight is 423 g/mol. The minimum absolute atomic E-state index is 0.220. The van der Waals surface area contributed by atoms with Gasteiger partial charge in [-0.15, -0.1) is 0 Å². The lowest BCUT2D eigenvalue weighted by Gasteiger charge is -2.43. The zero-order chi connectivity index (χ0) is 19.9. The minimum Gasteiger partial charge on any atom is -0.368 e. The number of hydrogen-bond donors (Lipinski definition) is 0. The van der Waals surface area contributed by atoms with Crippen LogP contribution in [0.4, 0.5) is 5.95 Å². The fourth-order valence-electron chi connectivity index (χ4n) is 3.86. The quantitative estimate of drug-likeness (QED) is 0.756. The maximum absolute atomic E-state index is 13.0. The van der Waals surface area contributed by atoms with Crippen molar-refractivity contribution in [1.82, 2.24) is 14.3 Å². The molecule has 0 amide bonds. The molecule has 0 saturated carbocycles. The van der Waals surface area contributed by atoms with Crippen LogP contribution in [0.5, 0.6) is 0 Å². The van der Waals surface area contributed by atoms with E-state index in [9.17, 15) is 8.42 Å². The van der Waals surface area contributed by atoms with Crippen molar-refractivity contribution in [3.8, 4) is 0 Å². The zero-order valence-corrected chi connectivity index (χ0v) is 17.5. The molecule has 2 aliphatic heterocycles. The Labute approximate surface area is 170 Å². The van der Waals surface area contributed by atoms with Gasteiger partial charge in [-0.3, -0.25) is 0 Å². The first-order chi connectivity index (χ1) is 13.3. The molecule has 0 bridgehead atoms. The minimum atomic E-state index is -3.59. The fourth-order valence-corrected chi connectivity index (χ4v) is 5.60. The molecule has 28 heavy (non-hydrogen) atoms. The summed E-state index contributed by atoms with van der Waals surface area (Å²) in [6.45, 7) is 1.34. The van der Waals surface area contributed by atoms with Crippen LogP contribution in [0.25, 0.3) is 0 Å². The molecule has 0 N–H and O–H groups in total. The van der Waals surface area contributed by atoms with Crippen molar-refractivity contribution in [2.75, 3.05) is 38.7 Å². The van der Waals surface area contributed by atoms with Crippen LogP contribution >= 0.6 is 11.6 Å². The van der Waals surface area contributed by atoms with Gasteiger partial charge in [-0.1, -0.05) is 17.7 Å². The van der Waals surface area contributed by atoms with Gasteiger partial charge in [-0.2, -0.15) is 4.31 Å². The summed E-state index contributed by atoms with van der Waals surface area (Å²) in [5.41, 5.74) is 1.43. The van der Waals surface area contributed by atoms with Crippen molar-refractivity contribution in [2.45, 2.75) is 29.8 Å². The molecule has 150 valence electrons. The van der Waals surface area contributed by atoms with Crippen molar-refractivity contribution < 1.29 is 13.2 Å². The third kappa shape index (κ3) is 3.39. The molecule has 9 heteroatoms. The van der Waals surface area contributed by atoms with Crippen LogP contribution < -0.4 is 4.90 Å². The van der Waals surface area contributed by atoms with E-state index in [1.165, 1.54) is 10.4 Å². The molecular weight excluding hydrogens is 400 g/mol. The van der Waals surface area contributed by atoms with Crippen molar-refractivity contribution in [3.63, 3.8) is 0 Å². The molecule has 0 aliphatic carbocycles. The summed E-state index contributed by atoms with van der Waals surface area (Å²) in [4.78, 5) is 11.2. The highest BCUT2D eigenvalue weighted by molar-refractivity contribution is 7.89. The number of hydrogen-bond acceptors (Lipinski definition) is 6. The third-order valence-corrected chi connectivity index (χ3v) is 7.53. The Kier molecular flexibility index (Phi) is 5.07. The van der Waals surface area contributed by atoms with E-state index in [0.717, 1.165) is 17.7 Å². The van der Waals surface area contributed by atoms with Gasteiger partial charge in [0, 0.05) is 38.4 Å². The lowest BCUT2D eigenvalue weighted by Crippen LogP contribution is -2.48. The van der Waals surface area contributed by atoms with E-state index in [1.807, 2.05) is 25.2 Å². The number of ether oxygens (including phenoxy) is 1. The van der Waals surface area contributed by atoms with Crippen LogP contribution in [0.2, 0.25) is 5.02 Å². The molecule has 1 fully saturated rings. The normalized spacial score (nSPS) is 19.4. The highest BCUT2D eigenvalue weighted by atomic mass is 35.5. The first-order valence-corrected chi connectivity index (χ1v) is 11.1. The highest BCUT2D eigenvalue weighted by Crippen LogP contribution is 2.41. The largest absolute Gasteiger partial charge is 0.368 e. The Morgan fingerprint density at radius 2 is 2.00 bits per heavy atom. The molecule has 2 aliphatic rings. The summed E-state index contributed by atoms with van der Waals surface area (Å²) in [5.74, 6) is 0.637. The molecule has 1 spiro atoms. The lowest BCUT2D eigenvalue weighted by atomic mass is 9.84. The van der Waals surface area contributed by atoms with Crippen LogP contribution in [-0.2, 0) is 26.8 Å². The van der Waals surface area contributed by atoms with E-state index in [0.29, 0.717) is 43.5 Å². The van der Waals surface area contributed by atoms with Gasteiger partial charge in [0.25, 0.3) is 0 Å². The van der Waals surface area contributed by atoms with Gasteiger partial charge >= 0.3 is 0 Å². The molecule has 0 radical (unpaired) electrons. The monoisotopic (exact) mass is 422 g/mol. The van der Waals surface area contributed by atoms with Gasteiger partial charge in [0.2, 0.25) is 16.0 Å². The summed E-state index contributed by atoms with van der Waals surface area (Å²) in [7, 11) is 0.216. The summed E-state index contributed by atoms with van der Waals surface area (Å²) in [6.07, 6.45) is 3.76. The van der Waals surface area contributed by atoms with Gasteiger partial charge in [-0.05, 0) is 43.0 Å². The predicted molar refractivity (Wildman–Crippen MR) is 107 cm³/mol. The van der Waals surface area contributed by atoms with E-state index in [2.05, 4.69) is 4.98 Å². The molecule has 2 aromatic rings. The summed E-state index contributed by atoms with van der Waals surface area (Å²) >= 11 is 5.98. The Balaban J connectivity index is 1.60. The molecule has 0 atom stereocenters. The van der Waals surface area contributed by atoms with Crippen molar-refractivity contribution in [2.24, 2.45) is 0 Å². The summed E-state index contributed by atoms with van der Waals surface area (Å²) in [6, 6.07) is 6.39. The maximum atomic E-state index is 13.0. The topological polar surface area (TPSA) is 75.6 Å². The number of sulfonamides is 1. The molecule has 1 saturated heterocycles.